The number of halogens is 2. The summed E-state index contributed by atoms with van der Waals surface area (Å²) in [4.78, 5) is 0. The van der Waals surface area contributed by atoms with Gasteiger partial charge in [0.2, 0.25) is 0 Å². The predicted octanol–water partition coefficient (Wildman–Crippen LogP) is 5.33. The van der Waals surface area contributed by atoms with E-state index < -0.39 is 0 Å². The minimum Gasteiger partial charge on any atom is -0.313 e. The predicted molar refractivity (Wildman–Crippen MR) is 82.1 cm³/mol. The van der Waals surface area contributed by atoms with Crippen LogP contribution in [0.1, 0.15) is 50.1 Å². The van der Waals surface area contributed by atoms with Crippen LogP contribution >= 0.6 is 27.5 Å². The summed E-state index contributed by atoms with van der Waals surface area (Å²) >= 11 is 9.72. The van der Waals surface area contributed by atoms with E-state index in [0.29, 0.717) is 6.04 Å². The number of rotatable bonds is 5. The van der Waals surface area contributed by atoms with Crippen molar-refractivity contribution in [2.45, 2.75) is 44.6 Å². The molecule has 1 aromatic rings. The van der Waals surface area contributed by atoms with Gasteiger partial charge in [0.05, 0.1) is 0 Å². The van der Waals surface area contributed by atoms with Crippen LogP contribution in [0.25, 0.3) is 0 Å². The first kappa shape index (κ1) is 14.4. The maximum atomic E-state index is 6.10. The quantitative estimate of drug-likeness (QED) is 0.769. The average molecular weight is 331 g/mol. The smallest absolute Gasteiger partial charge is 0.0410 e. The fourth-order valence-electron chi connectivity index (χ4n) is 2.94. The average Bonchev–Trinajstić information content (AvgIpc) is 2.87. The van der Waals surface area contributed by atoms with Gasteiger partial charge in [0, 0.05) is 15.5 Å². The zero-order valence-electron chi connectivity index (χ0n) is 10.9. The molecule has 0 amide bonds. The summed E-state index contributed by atoms with van der Waals surface area (Å²) in [5.41, 5.74) is 1.28. The summed E-state index contributed by atoms with van der Waals surface area (Å²) in [6.45, 7) is 0. The van der Waals surface area contributed by atoms with Crippen molar-refractivity contribution in [1.82, 2.24) is 5.32 Å². The van der Waals surface area contributed by atoms with Crippen molar-refractivity contribution in [2.24, 2.45) is 5.92 Å². The maximum absolute atomic E-state index is 6.10. The van der Waals surface area contributed by atoms with Gasteiger partial charge in [-0.15, -0.1) is 0 Å². The molecule has 18 heavy (non-hydrogen) atoms. The van der Waals surface area contributed by atoms with E-state index in [0.717, 1.165) is 15.4 Å². The van der Waals surface area contributed by atoms with Gasteiger partial charge in [0.15, 0.2) is 0 Å². The molecule has 0 aromatic heterocycles. The summed E-state index contributed by atoms with van der Waals surface area (Å²) < 4.78 is 1.15. The molecule has 0 bridgehead atoms. The van der Waals surface area contributed by atoms with Gasteiger partial charge >= 0.3 is 0 Å². The third kappa shape index (κ3) is 3.72. The number of benzene rings is 1. The largest absolute Gasteiger partial charge is 0.313 e. The minimum atomic E-state index is 0.402. The van der Waals surface area contributed by atoms with E-state index in [1.54, 1.807) is 0 Å². The Morgan fingerprint density at radius 1 is 1.39 bits per heavy atom. The number of hydrogen-bond donors (Lipinski definition) is 1. The third-order valence-corrected chi connectivity index (χ3v) is 4.98. The molecule has 1 aliphatic carbocycles. The topological polar surface area (TPSA) is 12.0 Å². The van der Waals surface area contributed by atoms with Gasteiger partial charge in [-0.25, -0.2) is 0 Å². The first-order valence-electron chi connectivity index (χ1n) is 6.83. The lowest BCUT2D eigenvalue weighted by atomic mass is 9.95. The zero-order chi connectivity index (χ0) is 13.0. The molecule has 0 radical (unpaired) electrons. The van der Waals surface area contributed by atoms with Crippen LogP contribution in [0.15, 0.2) is 22.7 Å². The van der Waals surface area contributed by atoms with Crippen LogP contribution in [0.4, 0.5) is 0 Å². The molecule has 1 aromatic carbocycles. The highest BCUT2D eigenvalue weighted by molar-refractivity contribution is 9.10. The fourth-order valence-corrected chi connectivity index (χ4v) is 3.64. The van der Waals surface area contributed by atoms with Crippen molar-refractivity contribution < 1.29 is 0 Å². The van der Waals surface area contributed by atoms with Crippen molar-refractivity contribution in [3.63, 3.8) is 0 Å². The van der Waals surface area contributed by atoms with E-state index in [9.17, 15) is 0 Å². The minimum absolute atomic E-state index is 0.402. The molecular weight excluding hydrogens is 310 g/mol. The van der Waals surface area contributed by atoms with Gasteiger partial charge < -0.3 is 5.32 Å². The Hall–Kier alpha value is -0.0500. The van der Waals surface area contributed by atoms with E-state index in [1.165, 1.54) is 44.1 Å². The SMILES string of the molecule is CNC(CCC1CCCC1)c1cc(Cl)ccc1Br. The van der Waals surface area contributed by atoms with Gasteiger partial charge in [0.1, 0.15) is 0 Å². The van der Waals surface area contributed by atoms with Crippen LogP contribution in [0, 0.1) is 5.92 Å². The first-order valence-corrected chi connectivity index (χ1v) is 8.00. The number of hydrogen-bond acceptors (Lipinski definition) is 1. The van der Waals surface area contributed by atoms with Gasteiger partial charge in [-0.3, -0.25) is 0 Å². The molecule has 0 saturated heterocycles. The van der Waals surface area contributed by atoms with E-state index in [-0.39, 0.29) is 0 Å². The Labute approximate surface area is 123 Å². The first-order chi connectivity index (χ1) is 8.70. The molecule has 1 saturated carbocycles. The van der Waals surface area contributed by atoms with Gasteiger partial charge in [-0.1, -0.05) is 53.2 Å². The van der Waals surface area contributed by atoms with Gasteiger partial charge in [-0.2, -0.15) is 0 Å². The third-order valence-electron chi connectivity index (χ3n) is 4.02. The summed E-state index contributed by atoms with van der Waals surface area (Å²) in [6.07, 6.45) is 8.22. The van der Waals surface area contributed by atoms with Crippen LogP contribution in [-0.4, -0.2) is 7.05 Å². The Morgan fingerprint density at radius 3 is 2.78 bits per heavy atom. The van der Waals surface area contributed by atoms with Crippen LogP contribution in [0.5, 0.6) is 0 Å². The van der Waals surface area contributed by atoms with Crippen molar-refractivity contribution in [3.05, 3.63) is 33.3 Å². The van der Waals surface area contributed by atoms with Gasteiger partial charge in [0.25, 0.3) is 0 Å². The van der Waals surface area contributed by atoms with E-state index in [2.05, 4.69) is 27.3 Å². The van der Waals surface area contributed by atoms with E-state index >= 15 is 0 Å². The lowest BCUT2D eigenvalue weighted by Gasteiger charge is -2.20. The highest BCUT2D eigenvalue weighted by atomic mass is 79.9. The molecule has 1 fully saturated rings. The second kappa shape index (κ2) is 6.93. The molecule has 1 unspecified atom stereocenters. The van der Waals surface area contributed by atoms with Crippen molar-refractivity contribution in [1.29, 1.82) is 0 Å². The lowest BCUT2D eigenvalue weighted by Crippen LogP contribution is -2.17. The Balaban J connectivity index is 2.00. The maximum Gasteiger partial charge on any atom is 0.0410 e. The summed E-state index contributed by atoms with van der Waals surface area (Å²) in [6, 6.07) is 6.44. The highest BCUT2D eigenvalue weighted by Crippen LogP contribution is 2.34. The summed E-state index contributed by atoms with van der Waals surface area (Å²) in [7, 11) is 2.03. The van der Waals surface area contributed by atoms with Crippen LogP contribution in [0.3, 0.4) is 0 Å². The second-order valence-electron chi connectivity index (χ2n) is 5.23. The zero-order valence-corrected chi connectivity index (χ0v) is 13.2. The van der Waals surface area contributed by atoms with Crippen LogP contribution in [0.2, 0.25) is 5.02 Å². The molecule has 2 rings (SSSR count). The van der Waals surface area contributed by atoms with Crippen molar-refractivity contribution in [3.8, 4) is 0 Å². The second-order valence-corrected chi connectivity index (χ2v) is 6.53. The molecule has 3 heteroatoms. The molecular formula is C15H21BrClN. The Kier molecular flexibility index (Phi) is 5.53. The molecule has 100 valence electrons. The van der Waals surface area contributed by atoms with E-state index in [1.807, 2.05) is 19.2 Å². The Morgan fingerprint density at radius 2 is 2.11 bits per heavy atom. The van der Waals surface area contributed by atoms with Crippen LogP contribution in [-0.2, 0) is 0 Å². The van der Waals surface area contributed by atoms with Crippen molar-refractivity contribution >= 4 is 27.5 Å². The molecule has 1 nitrogen and oxygen atoms in total. The highest BCUT2D eigenvalue weighted by Gasteiger charge is 2.18. The molecule has 0 spiro atoms. The summed E-state index contributed by atoms with van der Waals surface area (Å²) in [5.74, 6) is 0.943. The molecule has 1 aliphatic rings. The Bertz CT molecular complexity index is 388. The normalized spacial score (nSPS) is 18.2. The fraction of sp³-hybridized carbons (Fsp3) is 0.600. The van der Waals surface area contributed by atoms with Crippen molar-refractivity contribution in [2.75, 3.05) is 7.05 Å². The molecule has 0 aliphatic heterocycles. The molecule has 1 atom stereocenters. The molecule has 0 heterocycles. The van der Waals surface area contributed by atoms with Crippen LogP contribution < -0.4 is 5.32 Å². The van der Waals surface area contributed by atoms with E-state index in [4.69, 9.17) is 11.6 Å². The number of nitrogens with one attached hydrogen (secondary N) is 1. The monoisotopic (exact) mass is 329 g/mol. The van der Waals surface area contributed by atoms with Gasteiger partial charge in [-0.05, 0) is 49.6 Å². The molecule has 1 N–H and O–H groups in total. The lowest BCUT2D eigenvalue weighted by molar-refractivity contribution is 0.427. The standard InChI is InChI=1S/C15H21BrClN/c1-18-15(9-6-11-4-2-3-5-11)13-10-12(17)7-8-14(13)16/h7-8,10-11,15,18H,2-6,9H2,1H3. The summed E-state index contributed by atoms with van der Waals surface area (Å²) in [5, 5.41) is 4.24.